The second kappa shape index (κ2) is 12.3. The first-order chi connectivity index (χ1) is 17.8. The van der Waals surface area contributed by atoms with Gasteiger partial charge in [-0.2, -0.15) is 10.1 Å². The molecule has 1 aromatic carbocycles. The maximum atomic E-state index is 14.2. The number of amides is 1. The van der Waals surface area contributed by atoms with Gasteiger partial charge in [0.15, 0.2) is 24.0 Å². The first-order valence-electron chi connectivity index (χ1n) is 11.5. The minimum absolute atomic E-state index is 0.0774. The molecule has 0 bridgehead atoms. The number of carbonyl (C=O) groups excluding carboxylic acids is 1. The number of hydrazone groups is 1. The van der Waals surface area contributed by atoms with Crippen LogP contribution in [0.25, 0.3) is 0 Å². The van der Waals surface area contributed by atoms with Crippen LogP contribution in [0.2, 0.25) is 5.02 Å². The van der Waals surface area contributed by atoms with Crippen LogP contribution in [0.15, 0.2) is 45.3 Å². The number of phenols is 1. The summed E-state index contributed by atoms with van der Waals surface area (Å²) in [5.41, 5.74) is 4.73. The van der Waals surface area contributed by atoms with Crippen LogP contribution < -0.4 is 20.4 Å². The first kappa shape index (κ1) is 26.8. The van der Waals surface area contributed by atoms with Crippen LogP contribution in [0.5, 0.6) is 11.5 Å². The van der Waals surface area contributed by atoms with Crippen molar-refractivity contribution in [1.82, 2.24) is 15.3 Å². The molecule has 0 atom stereocenters. The summed E-state index contributed by atoms with van der Waals surface area (Å²) in [6.45, 7) is 3.64. The summed E-state index contributed by atoms with van der Waals surface area (Å²) < 4.78 is 25.5. The quantitative estimate of drug-likeness (QED) is 0.308. The van der Waals surface area contributed by atoms with Gasteiger partial charge in [0.25, 0.3) is 5.91 Å². The molecule has 3 N–H and O–H groups in total. The maximum absolute atomic E-state index is 14.2. The van der Waals surface area contributed by atoms with Crippen LogP contribution in [0.3, 0.4) is 0 Å². The van der Waals surface area contributed by atoms with Crippen molar-refractivity contribution in [3.63, 3.8) is 0 Å². The van der Waals surface area contributed by atoms with Crippen molar-refractivity contribution < 1.29 is 23.8 Å². The van der Waals surface area contributed by atoms with E-state index in [1.807, 2.05) is 13.0 Å². The number of halogens is 3. The van der Waals surface area contributed by atoms with Gasteiger partial charge in [-0.3, -0.25) is 4.79 Å². The van der Waals surface area contributed by atoms with Gasteiger partial charge in [0, 0.05) is 24.4 Å². The number of ether oxygens (including phenoxy) is 2. The van der Waals surface area contributed by atoms with E-state index in [9.17, 15) is 14.3 Å². The Morgan fingerprint density at radius 3 is 2.97 bits per heavy atom. The number of hydrogen-bond acceptors (Lipinski definition) is 9. The molecule has 37 heavy (non-hydrogen) atoms. The summed E-state index contributed by atoms with van der Waals surface area (Å²) in [5, 5.41) is 17.3. The Hall–Kier alpha value is -3.22. The molecule has 1 aromatic heterocycles. The number of benzene rings is 1. The third-order valence-corrected chi connectivity index (χ3v) is 6.57. The first-order valence-corrected chi connectivity index (χ1v) is 12.6. The van der Waals surface area contributed by atoms with E-state index >= 15 is 0 Å². The van der Waals surface area contributed by atoms with E-state index in [2.05, 4.69) is 47.8 Å². The van der Waals surface area contributed by atoms with E-state index < -0.39 is 5.82 Å². The van der Waals surface area contributed by atoms with Gasteiger partial charge >= 0.3 is 0 Å². The lowest BCUT2D eigenvalue weighted by atomic mass is 10.0. The molecule has 1 aliphatic heterocycles. The second-order valence-corrected chi connectivity index (χ2v) is 9.45. The molecule has 10 nitrogen and oxygen atoms in total. The molecule has 0 spiro atoms. The van der Waals surface area contributed by atoms with E-state index in [1.54, 1.807) is 4.90 Å². The van der Waals surface area contributed by atoms with Crippen LogP contribution in [0.1, 0.15) is 25.3 Å². The number of morpholine rings is 1. The second-order valence-electron chi connectivity index (χ2n) is 8.21. The van der Waals surface area contributed by atoms with Crippen molar-refractivity contribution in [3.8, 4) is 11.5 Å². The number of allylic oxidation sites excluding steroid dienone is 4. The van der Waals surface area contributed by atoms with Crippen molar-refractivity contribution in [2.45, 2.75) is 19.8 Å². The Morgan fingerprint density at radius 2 is 2.22 bits per heavy atom. The molecule has 1 fully saturated rings. The minimum atomic E-state index is -0.545. The molecule has 2 aliphatic rings. The average molecular weight is 596 g/mol. The summed E-state index contributed by atoms with van der Waals surface area (Å²) in [5.74, 6) is -0.828. The van der Waals surface area contributed by atoms with Crippen LogP contribution in [-0.4, -0.2) is 60.1 Å². The Labute approximate surface area is 226 Å². The topological polar surface area (TPSA) is 121 Å². The number of anilines is 2. The minimum Gasteiger partial charge on any atom is -0.506 e. The highest BCUT2D eigenvalue weighted by Crippen LogP contribution is 2.41. The molecule has 1 saturated heterocycles. The Morgan fingerprint density at radius 1 is 1.43 bits per heavy atom. The highest BCUT2D eigenvalue weighted by molar-refractivity contribution is 9.10. The molecule has 1 amide bonds. The Bertz CT molecular complexity index is 1270. The van der Waals surface area contributed by atoms with Gasteiger partial charge in [0.05, 0.1) is 30.1 Å². The lowest BCUT2D eigenvalue weighted by Gasteiger charge is -2.27. The average Bonchev–Trinajstić information content (AvgIpc) is 2.89. The van der Waals surface area contributed by atoms with E-state index in [0.717, 1.165) is 30.3 Å². The predicted molar refractivity (Wildman–Crippen MR) is 142 cm³/mol. The summed E-state index contributed by atoms with van der Waals surface area (Å²) in [6, 6.07) is 1.53. The van der Waals surface area contributed by atoms with Gasteiger partial charge < -0.3 is 24.8 Å². The van der Waals surface area contributed by atoms with Crippen molar-refractivity contribution in [2.24, 2.45) is 5.10 Å². The standard InChI is InChI=1S/C24H25BrClFN6O4/c1-14-4-2-3-5-18(14)30-19(34)13-37-22-16(25)10-15(21(35)20(22)26)11-29-32-24-28-12-17(27)23(31-24)33-6-8-36-9-7-33/h2,4,10-12,35H,3,5-9,13H2,1H3,(H,30,34)(H,28,31,32)/b29-11-. The van der Waals surface area contributed by atoms with Crippen LogP contribution in [0.4, 0.5) is 16.2 Å². The number of carbonyl (C=O) groups is 1. The van der Waals surface area contributed by atoms with Crippen molar-refractivity contribution in [1.29, 1.82) is 0 Å². The monoisotopic (exact) mass is 594 g/mol. The van der Waals surface area contributed by atoms with E-state index in [-0.39, 0.29) is 46.4 Å². The highest BCUT2D eigenvalue weighted by atomic mass is 79.9. The lowest BCUT2D eigenvalue weighted by molar-refractivity contribution is -0.122. The molecule has 1 aliphatic carbocycles. The van der Waals surface area contributed by atoms with Crippen molar-refractivity contribution in [3.05, 3.63) is 56.6 Å². The molecule has 2 heterocycles. The fourth-order valence-electron chi connectivity index (χ4n) is 3.70. The summed E-state index contributed by atoms with van der Waals surface area (Å²) in [6.07, 6.45) is 7.99. The smallest absolute Gasteiger partial charge is 0.262 e. The van der Waals surface area contributed by atoms with E-state index in [1.165, 1.54) is 12.3 Å². The van der Waals surface area contributed by atoms with Crippen LogP contribution >= 0.6 is 27.5 Å². The number of nitrogens with one attached hydrogen (secondary N) is 2. The van der Waals surface area contributed by atoms with Crippen molar-refractivity contribution in [2.75, 3.05) is 43.2 Å². The van der Waals surface area contributed by atoms with Crippen molar-refractivity contribution >= 4 is 51.4 Å². The van der Waals surface area contributed by atoms with Gasteiger partial charge in [-0.25, -0.2) is 14.8 Å². The number of hydrogen-bond donors (Lipinski definition) is 3. The normalized spacial score (nSPS) is 15.8. The zero-order valence-electron chi connectivity index (χ0n) is 19.9. The molecule has 0 saturated carbocycles. The molecular weight excluding hydrogens is 571 g/mol. The zero-order chi connectivity index (χ0) is 26.4. The van der Waals surface area contributed by atoms with Gasteiger partial charge in [-0.15, -0.1) is 0 Å². The molecule has 0 radical (unpaired) electrons. The molecule has 4 rings (SSSR count). The molecular formula is C24H25BrClFN6O4. The number of rotatable bonds is 8. The fraction of sp³-hybridized carbons (Fsp3) is 0.333. The summed E-state index contributed by atoms with van der Waals surface area (Å²) >= 11 is 9.66. The largest absolute Gasteiger partial charge is 0.506 e. The van der Waals surface area contributed by atoms with Crippen LogP contribution in [-0.2, 0) is 9.53 Å². The lowest BCUT2D eigenvalue weighted by Crippen LogP contribution is -2.37. The van der Waals surface area contributed by atoms with Crippen LogP contribution in [0, 0.1) is 5.82 Å². The summed E-state index contributed by atoms with van der Waals surface area (Å²) in [7, 11) is 0. The van der Waals surface area contributed by atoms with Gasteiger partial charge in [0.1, 0.15) is 10.8 Å². The zero-order valence-corrected chi connectivity index (χ0v) is 22.3. The number of aromatic hydroxyl groups is 1. The third kappa shape index (κ3) is 6.76. The number of aromatic nitrogens is 2. The Balaban J connectivity index is 1.40. The molecule has 0 unspecified atom stereocenters. The van der Waals surface area contributed by atoms with Gasteiger partial charge in [-0.1, -0.05) is 23.8 Å². The Kier molecular flexibility index (Phi) is 8.95. The molecule has 196 valence electrons. The summed E-state index contributed by atoms with van der Waals surface area (Å²) in [4.78, 5) is 22.2. The maximum Gasteiger partial charge on any atom is 0.262 e. The predicted octanol–water partition coefficient (Wildman–Crippen LogP) is 4.14. The van der Waals surface area contributed by atoms with E-state index in [0.29, 0.717) is 30.8 Å². The molecule has 2 aromatic rings. The third-order valence-electron chi connectivity index (χ3n) is 5.63. The fourth-order valence-corrected chi connectivity index (χ4v) is 4.64. The molecule has 13 heteroatoms. The number of phenolic OH excluding ortho intramolecular Hbond substituents is 1. The van der Waals surface area contributed by atoms with Gasteiger partial charge in [0.2, 0.25) is 5.95 Å². The number of nitrogens with zero attached hydrogens (tertiary/aromatic N) is 4. The SMILES string of the molecule is CC1=C(NC(=O)COc2c(Br)cc(/C=N\Nc3ncc(F)c(N4CCOCC4)n3)c(O)c2Cl)CCC=C1. The van der Waals surface area contributed by atoms with E-state index in [4.69, 9.17) is 21.1 Å². The highest BCUT2D eigenvalue weighted by Gasteiger charge is 2.19. The van der Waals surface area contributed by atoms with Gasteiger partial charge in [-0.05, 0) is 47.3 Å².